The fraction of sp³-hybridized carbons (Fsp3) is 0.0909. The van der Waals surface area contributed by atoms with E-state index >= 15 is 0 Å². The lowest BCUT2D eigenvalue weighted by Crippen LogP contribution is -2.23. The highest BCUT2D eigenvalue weighted by atomic mass is 31.0. The maximum atomic E-state index is 4.45. The van der Waals surface area contributed by atoms with Crippen LogP contribution < -0.4 is 0 Å². The van der Waals surface area contributed by atoms with E-state index in [2.05, 4.69) is 107 Å². The minimum Gasteiger partial charge on any atom is -0.117 e. The van der Waals surface area contributed by atoms with Gasteiger partial charge in [0.15, 0.2) is 0 Å². The van der Waals surface area contributed by atoms with Crippen LogP contribution in [0.5, 0.6) is 0 Å². The van der Waals surface area contributed by atoms with Crippen molar-refractivity contribution in [3.8, 4) is 0 Å². The summed E-state index contributed by atoms with van der Waals surface area (Å²) in [6, 6.07) is 31.7. The normalized spacial score (nSPS) is 11.2. The van der Waals surface area contributed by atoms with Gasteiger partial charge in [0.05, 0.1) is 5.16 Å². The Morgan fingerprint density at radius 1 is 0.696 bits per heavy atom. The Labute approximate surface area is 141 Å². The van der Waals surface area contributed by atoms with E-state index in [1.807, 2.05) is 0 Å². The van der Waals surface area contributed by atoms with Crippen LogP contribution in [0.3, 0.4) is 0 Å². The summed E-state index contributed by atoms with van der Waals surface area (Å²) in [6.45, 7) is 4.45. The molecule has 0 saturated heterocycles. The number of benzene rings is 3. The van der Waals surface area contributed by atoms with Crippen LogP contribution >= 0.6 is 9.24 Å². The molecule has 3 aromatic carbocycles. The lowest BCUT2D eigenvalue weighted by Gasteiger charge is -2.33. The molecule has 0 fully saturated rings. The Kier molecular flexibility index (Phi) is 4.74. The first-order chi connectivity index (χ1) is 11.2. The molecule has 3 aromatic rings. The predicted octanol–water partition coefficient (Wildman–Crippen LogP) is 5.60. The number of hydrogen-bond acceptors (Lipinski definition) is 0. The second kappa shape index (κ2) is 6.94. The van der Waals surface area contributed by atoms with Crippen molar-refractivity contribution in [2.45, 2.75) is 11.6 Å². The third-order valence-corrected chi connectivity index (χ3v) is 5.35. The fourth-order valence-corrected chi connectivity index (χ4v) is 3.45. The third-order valence-electron chi connectivity index (χ3n) is 4.28. The predicted molar refractivity (Wildman–Crippen MR) is 103 cm³/mol. The van der Waals surface area contributed by atoms with Gasteiger partial charge >= 0.3 is 0 Å². The summed E-state index contributed by atoms with van der Waals surface area (Å²) in [7, 11) is 3.06. The zero-order valence-corrected chi connectivity index (χ0v) is 14.3. The number of hydrogen-bond donors (Lipinski definition) is 0. The van der Waals surface area contributed by atoms with Gasteiger partial charge in [-0.05, 0) is 23.1 Å². The maximum absolute atomic E-state index is 4.45. The van der Waals surface area contributed by atoms with Crippen molar-refractivity contribution in [1.82, 2.24) is 0 Å². The molecule has 0 N–H and O–H groups in total. The smallest absolute Gasteiger partial charge is 0.0552 e. The minimum absolute atomic E-state index is 0.279. The summed E-state index contributed by atoms with van der Waals surface area (Å²) >= 11 is 0. The monoisotopic (exact) mass is 316 g/mol. The second-order valence-corrected chi connectivity index (χ2v) is 6.67. The van der Waals surface area contributed by atoms with Gasteiger partial charge in [-0.3, -0.25) is 0 Å². The van der Waals surface area contributed by atoms with E-state index in [4.69, 9.17) is 0 Å². The lowest BCUT2D eigenvalue weighted by molar-refractivity contribution is 0.834. The average molecular weight is 316 g/mol. The van der Waals surface area contributed by atoms with Crippen LogP contribution in [0.1, 0.15) is 16.7 Å². The van der Waals surface area contributed by atoms with Gasteiger partial charge in [-0.15, -0.1) is 9.24 Å². The summed E-state index contributed by atoms with van der Waals surface area (Å²) in [5.74, 6) is 0. The summed E-state index contributed by atoms with van der Waals surface area (Å²) in [5, 5.41) is -0.279. The van der Waals surface area contributed by atoms with E-state index in [1.165, 1.54) is 22.3 Å². The van der Waals surface area contributed by atoms with E-state index in [0.29, 0.717) is 0 Å². The van der Waals surface area contributed by atoms with E-state index in [9.17, 15) is 0 Å². The highest BCUT2D eigenvalue weighted by Crippen LogP contribution is 2.45. The van der Waals surface area contributed by atoms with Crippen LogP contribution in [0.2, 0.25) is 0 Å². The molecule has 23 heavy (non-hydrogen) atoms. The molecule has 0 spiro atoms. The third kappa shape index (κ3) is 3.28. The van der Waals surface area contributed by atoms with Gasteiger partial charge in [-0.25, -0.2) is 0 Å². The van der Waals surface area contributed by atoms with Crippen molar-refractivity contribution >= 4 is 9.24 Å². The molecule has 114 valence electrons. The van der Waals surface area contributed by atoms with Crippen molar-refractivity contribution in [2.24, 2.45) is 0 Å². The van der Waals surface area contributed by atoms with Crippen LogP contribution in [0.4, 0.5) is 0 Å². The van der Waals surface area contributed by atoms with Gasteiger partial charge in [0.1, 0.15) is 0 Å². The lowest BCUT2D eigenvalue weighted by atomic mass is 9.82. The van der Waals surface area contributed by atoms with Crippen LogP contribution in [0, 0.1) is 0 Å². The maximum Gasteiger partial charge on any atom is 0.0552 e. The van der Waals surface area contributed by atoms with Crippen molar-refractivity contribution in [2.75, 3.05) is 0 Å². The number of allylic oxidation sites excluding steroid dienone is 1. The van der Waals surface area contributed by atoms with Crippen LogP contribution in [0.25, 0.3) is 0 Å². The fourth-order valence-electron chi connectivity index (χ4n) is 2.96. The van der Waals surface area contributed by atoms with Crippen LogP contribution in [0.15, 0.2) is 103 Å². The van der Waals surface area contributed by atoms with Crippen molar-refractivity contribution in [1.29, 1.82) is 0 Å². The summed E-state index contributed by atoms with van der Waals surface area (Å²) in [4.78, 5) is 0. The Bertz CT molecular complexity index is 721. The molecular formula is C22H21P. The molecule has 0 saturated carbocycles. The van der Waals surface area contributed by atoms with Gasteiger partial charge in [0.2, 0.25) is 0 Å². The molecule has 0 aliphatic rings. The topological polar surface area (TPSA) is 0 Å². The largest absolute Gasteiger partial charge is 0.117 e. The van der Waals surface area contributed by atoms with E-state index in [1.54, 1.807) is 0 Å². The molecule has 0 bridgehead atoms. The molecule has 0 aromatic heterocycles. The average Bonchev–Trinajstić information content (AvgIpc) is 2.63. The van der Waals surface area contributed by atoms with Crippen LogP contribution in [-0.2, 0) is 11.6 Å². The molecule has 0 nitrogen and oxygen atoms in total. The van der Waals surface area contributed by atoms with Gasteiger partial charge in [-0.1, -0.05) is 103 Å². The van der Waals surface area contributed by atoms with E-state index in [0.717, 1.165) is 6.42 Å². The molecule has 0 radical (unpaired) electrons. The SMILES string of the molecule is C=C(Cc1ccccc1)C(P)(c1ccccc1)c1ccccc1. The Morgan fingerprint density at radius 3 is 1.52 bits per heavy atom. The standard InChI is InChI=1S/C22H21P/c1-18(17-19-11-5-2-6-12-19)22(23,20-13-7-3-8-14-20)21-15-9-4-10-16-21/h2-16H,1,17,23H2. The minimum atomic E-state index is -0.279. The highest BCUT2D eigenvalue weighted by Gasteiger charge is 2.31. The molecule has 1 atom stereocenters. The zero-order valence-electron chi connectivity index (χ0n) is 13.2. The molecule has 0 amide bonds. The van der Waals surface area contributed by atoms with Gasteiger partial charge in [-0.2, -0.15) is 0 Å². The molecule has 0 aliphatic carbocycles. The molecule has 3 rings (SSSR count). The first-order valence-electron chi connectivity index (χ1n) is 7.83. The van der Waals surface area contributed by atoms with Crippen LogP contribution in [-0.4, -0.2) is 0 Å². The second-order valence-electron chi connectivity index (χ2n) is 5.81. The Morgan fingerprint density at radius 2 is 1.09 bits per heavy atom. The first kappa shape index (κ1) is 15.7. The molecule has 1 unspecified atom stereocenters. The molecule has 0 heterocycles. The van der Waals surface area contributed by atoms with Crippen molar-refractivity contribution in [3.05, 3.63) is 120 Å². The van der Waals surface area contributed by atoms with Gasteiger partial charge < -0.3 is 0 Å². The zero-order chi connectivity index (χ0) is 16.1. The molecular weight excluding hydrogens is 295 g/mol. The summed E-state index contributed by atoms with van der Waals surface area (Å²) < 4.78 is 0. The Hall–Kier alpha value is -2.17. The van der Waals surface area contributed by atoms with E-state index < -0.39 is 0 Å². The van der Waals surface area contributed by atoms with Gasteiger partial charge in [0, 0.05) is 0 Å². The van der Waals surface area contributed by atoms with Gasteiger partial charge in [0.25, 0.3) is 0 Å². The first-order valence-corrected chi connectivity index (χ1v) is 8.41. The Balaban J connectivity index is 2.04. The number of rotatable bonds is 5. The molecule has 1 heteroatoms. The van der Waals surface area contributed by atoms with E-state index in [-0.39, 0.29) is 5.16 Å². The quantitative estimate of drug-likeness (QED) is 0.424. The summed E-state index contributed by atoms with van der Waals surface area (Å²) in [6.07, 6.45) is 0.855. The summed E-state index contributed by atoms with van der Waals surface area (Å²) in [5.41, 5.74) is 4.96. The molecule has 0 aliphatic heterocycles. The van der Waals surface area contributed by atoms with Crippen molar-refractivity contribution in [3.63, 3.8) is 0 Å². The van der Waals surface area contributed by atoms with Crippen molar-refractivity contribution < 1.29 is 0 Å². The highest BCUT2D eigenvalue weighted by molar-refractivity contribution is 7.19.